The number of carbonyl (C=O) groups excluding carboxylic acids is 2. The van der Waals surface area contributed by atoms with Gasteiger partial charge in [-0.2, -0.15) is 8.61 Å². The summed E-state index contributed by atoms with van der Waals surface area (Å²) in [7, 11) is -6.81. The second kappa shape index (κ2) is 19.8. The van der Waals surface area contributed by atoms with Crippen LogP contribution in [0.15, 0.2) is 59.8 Å². The number of carbonyl (C=O) groups is 2. The number of hydroxylamine groups is 2. The van der Waals surface area contributed by atoms with Crippen molar-refractivity contribution >= 4 is 64.8 Å². The number of nitrogens with one attached hydrogen (secondary N) is 2. The van der Waals surface area contributed by atoms with E-state index < -0.39 is 31.9 Å². The summed E-state index contributed by atoms with van der Waals surface area (Å²) in [5.74, 6) is 3.85. The molecule has 0 atom stereocenters. The quantitative estimate of drug-likeness (QED) is 0.0930. The molecule has 2 amide bonds. The van der Waals surface area contributed by atoms with E-state index in [2.05, 4.69) is 15.9 Å². The molecule has 5 heterocycles. The summed E-state index contributed by atoms with van der Waals surface area (Å²) in [5, 5.41) is 25.1. The van der Waals surface area contributed by atoms with E-state index >= 15 is 0 Å². The maximum atomic E-state index is 13.1. The SMILES string of the molecule is CCCCS(=O)(=O)N1CCN(c2ncc(C(=O)NO)s2)CC1.NO.O=C(NO)c1cnc(N2CCN(S(=O)(=O)c3ccc(-c4ccc5c(c4)OCO5)cc3)CC2)s1. The zero-order chi connectivity index (χ0) is 41.2. The van der Waals surface area contributed by atoms with Gasteiger partial charge in [-0.25, -0.2) is 43.7 Å². The number of fused-ring (bicyclic) bond motifs is 1. The first-order chi connectivity index (χ1) is 27.4. The summed E-state index contributed by atoms with van der Waals surface area (Å²) in [4.78, 5) is 35.9. The molecule has 24 heteroatoms. The Morgan fingerprint density at radius 1 is 0.737 bits per heavy atom. The standard InChI is InChI=1S/C21H20N4O6S2.C12H20N4O4S2.H3NO/c26-20(23-27)19-12-22-21(32-19)24-7-9-25(10-8-24)33(28,29)16-4-1-14(2-5-16)15-3-6-17-18(11-15)31-13-30-17;1-2-3-8-22(19,20)16-6-4-15(5-7-16)12-13-9-10(21-12)11(17)14-18;1-2/h1-6,11-12,27H,7-10,13H2,(H,23,26);9,18H,2-8H2,1H3,(H,14,17);2H,1H2. The van der Waals surface area contributed by atoms with Crippen LogP contribution < -0.4 is 36.1 Å². The van der Waals surface area contributed by atoms with E-state index in [-0.39, 0.29) is 22.3 Å². The molecule has 7 N–H and O–H groups in total. The number of piperazine rings is 2. The van der Waals surface area contributed by atoms with Crippen molar-refractivity contribution in [2.24, 2.45) is 5.90 Å². The van der Waals surface area contributed by atoms with Crippen LogP contribution in [0.5, 0.6) is 11.5 Å². The maximum Gasteiger partial charge on any atom is 0.286 e. The van der Waals surface area contributed by atoms with Crippen LogP contribution in [0.25, 0.3) is 11.1 Å². The fourth-order valence-corrected chi connectivity index (χ4v) is 10.7. The molecule has 0 bridgehead atoms. The van der Waals surface area contributed by atoms with Gasteiger partial charge in [-0.1, -0.05) is 54.2 Å². The summed E-state index contributed by atoms with van der Waals surface area (Å²) < 4.78 is 64.3. The zero-order valence-electron chi connectivity index (χ0n) is 30.7. The van der Waals surface area contributed by atoms with Crippen molar-refractivity contribution in [3.63, 3.8) is 0 Å². The Labute approximate surface area is 337 Å². The molecular weight excluding hydrogens is 827 g/mol. The first kappa shape index (κ1) is 43.6. The predicted molar refractivity (Wildman–Crippen MR) is 210 cm³/mol. The van der Waals surface area contributed by atoms with Gasteiger partial charge in [0.1, 0.15) is 9.75 Å². The predicted octanol–water partition coefficient (Wildman–Crippen LogP) is 2.02. The zero-order valence-corrected chi connectivity index (χ0v) is 33.9. The number of rotatable bonds is 11. The molecule has 2 aromatic heterocycles. The molecule has 2 aromatic carbocycles. The molecule has 57 heavy (non-hydrogen) atoms. The minimum Gasteiger partial charge on any atom is -0.454 e. The van der Waals surface area contributed by atoms with Crippen molar-refractivity contribution in [3.8, 4) is 22.6 Å². The third-order valence-corrected chi connectivity index (χ3v) is 15.0. The topological polar surface area (TPSA) is 270 Å². The molecular formula is C33H43N9O11S4. The van der Waals surface area contributed by atoms with Gasteiger partial charge in [-0.05, 0) is 41.8 Å². The average Bonchev–Trinajstić information content (AvgIpc) is 4.06. The summed E-state index contributed by atoms with van der Waals surface area (Å²) in [6, 6.07) is 12.4. The lowest BCUT2D eigenvalue weighted by atomic mass is 10.1. The number of unbranched alkanes of at least 4 members (excludes halogenated alkanes) is 1. The summed E-state index contributed by atoms with van der Waals surface area (Å²) in [6.07, 6.45) is 4.31. The van der Waals surface area contributed by atoms with Gasteiger partial charge in [0.2, 0.25) is 26.8 Å². The van der Waals surface area contributed by atoms with E-state index in [1.54, 1.807) is 35.2 Å². The second-order valence-corrected chi connectivity index (χ2v) is 18.5. The van der Waals surface area contributed by atoms with Crippen LogP contribution in [0.2, 0.25) is 0 Å². The second-order valence-electron chi connectivity index (χ2n) is 12.4. The Bertz CT molecular complexity index is 2190. The van der Waals surface area contributed by atoms with Crippen molar-refractivity contribution in [3.05, 3.63) is 64.6 Å². The number of ether oxygens (including phenoxy) is 2. The van der Waals surface area contributed by atoms with Crippen LogP contribution >= 0.6 is 22.7 Å². The van der Waals surface area contributed by atoms with Gasteiger partial charge in [0.15, 0.2) is 21.8 Å². The van der Waals surface area contributed by atoms with Gasteiger partial charge < -0.3 is 24.5 Å². The Morgan fingerprint density at radius 2 is 1.23 bits per heavy atom. The Morgan fingerprint density at radius 3 is 1.74 bits per heavy atom. The molecule has 20 nitrogen and oxygen atoms in total. The molecule has 2 fully saturated rings. The average molecular weight is 870 g/mol. The van der Waals surface area contributed by atoms with Crippen molar-refractivity contribution in [1.29, 1.82) is 0 Å². The highest BCUT2D eigenvalue weighted by molar-refractivity contribution is 7.89. The lowest BCUT2D eigenvalue weighted by molar-refractivity contribution is 0.0706. The maximum absolute atomic E-state index is 13.1. The number of nitrogens with zero attached hydrogens (tertiary/aromatic N) is 6. The number of thiazole rings is 2. The van der Waals surface area contributed by atoms with E-state index in [9.17, 15) is 26.4 Å². The van der Waals surface area contributed by atoms with Crippen LogP contribution in [-0.4, -0.2) is 128 Å². The molecule has 0 radical (unpaired) electrons. The Kier molecular flexibility index (Phi) is 15.1. The van der Waals surface area contributed by atoms with E-state index in [4.69, 9.17) is 25.1 Å². The van der Waals surface area contributed by atoms with Crippen molar-refractivity contribution < 1.29 is 51.5 Å². The number of aromatic nitrogens is 2. The van der Waals surface area contributed by atoms with Gasteiger partial charge >= 0.3 is 0 Å². The van der Waals surface area contributed by atoms with Crippen LogP contribution in [0, 0.1) is 0 Å². The Balaban J connectivity index is 0.000000225. The lowest BCUT2D eigenvalue weighted by Gasteiger charge is -2.33. The fourth-order valence-electron chi connectivity index (χ4n) is 5.92. The van der Waals surface area contributed by atoms with E-state index in [1.165, 1.54) is 32.3 Å². The molecule has 0 aliphatic carbocycles. The molecule has 2 saturated heterocycles. The highest BCUT2D eigenvalue weighted by Gasteiger charge is 2.30. The van der Waals surface area contributed by atoms with Crippen LogP contribution in [0.3, 0.4) is 0 Å². The number of nitrogens with two attached hydrogens (primary N) is 1. The third-order valence-electron chi connectivity index (χ3n) is 9.00. The fraction of sp³-hybridized carbons (Fsp3) is 0.394. The summed E-state index contributed by atoms with van der Waals surface area (Å²) in [5.41, 5.74) is 4.94. The van der Waals surface area contributed by atoms with Crippen LogP contribution in [-0.2, 0) is 20.0 Å². The highest BCUT2D eigenvalue weighted by atomic mass is 32.2. The van der Waals surface area contributed by atoms with Gasteiger partial charge in [0, 0.05) is 52.4 Å². The molecule has 0 saturated carbocycles. The van der Waals surface area contributed by atoms with Gasteiger partial charge in [0.25, 0.3) is 11.8 Å². The highest BCUT2D eigenvalue weighted by Crippen LogP contribution is 2.36. The van der Waals surface area contributed by atoms with Gasteiger partial charge in [-0.15, -0.1) is 0 Å². The summed E-state index contributed by atoms with van der Waals surface area (Å²) >= 11 is 2.31. The first-order valence-corrected chi connectivity index (χ1v) is 22.2. The van der Waals surface area contributed by atoms with Crippen molar-refractivity contribution in [2.45, 2.75) is 24.7 Å². The molecule has 7 rings (SSSR count). The number of benzene rings is 2. The number of sulfonamides is 2. The summed E-state index contributed by atoms with van der Waals surface area (Å²) in [6.45, 7) is 5.59. The molecule has 4 aromatic rings. The smallest absolute Gasteiger partial charge is 0.286 e. The van der Waals surface area contributed by atoms with E-state index in [1.807, 2.05) is 34.9 Å². The molecule has 0 unspecified atom stereocenters. The minimum atomic E-state index is -3.64. The minimum absolute atomic E-state index is 0.196. The van der Waals surface area contributed by atoms with Gasteiger partial charge in [0.05, 0.1) is 23.0 Å². The van der Waals surface area contributed by atoms with Gasteiger partial charge in [-0.3, -0.25) is 20.0 Å². The molecule has 3 aliphatic heterocycles. The molecule has 3 aliphatic rings. The largest absolute Gasteiger partial charge is 0.454 e. The third kappa shape index (κ3) is 10.5. The van der Waals surface area contributed by atoms with Crippen LogP contribution in [0.4, 0.5) is 10.3 Å². The molecule has 0 spiro atoms. The number of hydrogen-bond donors (Lipinski definition) is 6. The van der Waals surface area contributed by atoms with Crippen LogP contribution in [0.1, 0.15) is 39.1 Å². The molecule has 310 valence electrons. The van der Waals surface area contributed by atoms with Crippen molar-refractivity contribution in [1.82, 2.24) is 29.5 Å². The Hall–Kier alpha value is -4.50. The van der Waals surface area contributed by atoms with Crippen molar-refractivity contribution in [2.75, 3.05) is 74.7 Å². The number of hydrogen-bond acceptors (Lipinski definition) is 18. The van der Waals surface area contributed by atoms with E-state index in [0.717, 1.165) is 28.9 Å². The number of anilines is 2. The van der Waals surface area contributed by atoms with E-state index in [0.29, 0.717) is 85.4 Å². The number of amides is 2. The normalized spacial score (nSPS) is 15.9. The monoisotopic (exact) mass is 869 g/mol. The lowest BCUT2D eigenvalue weighted by Crippen LogP contribution is -2.49. The first-order valence-electron chi connectivity index (χ1n) is 17.5.